The average Bonchev–Trinajstić information content (AvgIpc) is 2.46. The van der Waals surface area contributed by atoms with Crippen molar-refractivity contribution >= 4 is 0 Å². The minimum Gasteiger partial charge on any atom is -0.440 e. The Hall–Kier alpha value is -2.48. The zero-order chi connectivity index (χ0) is 15.0. The number of nitrogens with two attached hydrogens (primary N) is 1. The van der Waals surface area contributed by atoms with E-state index in [9.17, 15) is 10.1 Å². The van der Waals surface area contributed by atoms with Crippen molar-refractivity contribution in [3.63, 3.8) is 0 Å². The molecule has 5 nitrogen and oxygen atoms in total. The van der Waals surface area contributed by atoms with Gasteiger partial charge in [-0.2, -0.15) is 5.26 Å². The van der Waals surface area contributed by atoms with E-state index in [1.54, 1.807) is 13.0 Å². The Morgan fingerprint density at radius 2 is 2.29 bits per heavy atom. The Morgan fingerprint density at radius 1 is 1.48 bits per heavy atom. The largest absolute Gasteiger partial charge is 0.440 e. The van der Waals surface area contributed by atoms with Gasteiger partial charge >= 0.3 is 5.63 Å². The summed E-state index contributed by atoms with van der Waals surface area (Å²) >= 11 is 0. The van der Waals surface area contributed by atoms with Gasteiger partial charge < -0.3 is 14.9 Å². The van der Waals surface area contributed by atoms with Crippen LogP contribution in [0.4, 0.5) is 0 Å². The molecule has 0 saturated carbocycles. The summed E-state index contributed by atoms with van der Waals surface area (Å²) in [5, 5.41) is 9.41. The molecule has 0 bridgehead atoms. The fourth-order valence-corrected chi connectivity index (χ4v) is 3.10. The van der Waals surface area contributed by atoms with E-state index in [2.05, 4.69) is 18.2 Å². The monoisotopic (exact) mass is 284 g/mol. The van der Waals surface area contributed by atoms with Crippen LogP contribution in [0.25, 0.3) is 0 Å². The van der Waals surface area contributed by atoms with Crippen LogP contribution in [0.2, 0.25) is 0 Å². The number of hydrogen-bond acceptors (Lipinski definition) is 5. The number of aryl methyl sites for hydroxylation is 1. The van der Waals surface area contributed by atoms with Gasteiger partial charge in [-0.25, -0.2) is 4.79 Å². The van der Waals surface area contributed by atoms with Crippen LogP contribution in [0.1, 0.15) is 36.5 Å². The maximum Gasteiger partial charge on any atom is 0.343 e. The van der Waals surface area contributed by atoms with E-state index in [0.717, 1.165) is 19.3 Å². The maximum absolute atomic E-state index is 12.3. The molecule has 5 heteroatoms. The zero-order valence-electron chi connectivity index (χ0n) is 11.8. The van der Waals surface area contributed by atoms with E-state index in [1.807, 2.05) is 0 Å². The lowest BCUT2D eigenvalue weighted by Crippen LogP contribution is -2.29. The molecule has 0 radical (unpaired) electrons. The Balaban J connectivity index is 2.20. The van der Waals surface area contributed by atoms with Crippen LogP contribution in [0.5, 0.6) is 5.75 Å². The van der Waals surface area contributed by atoms with Gasteiger partial charge in [0.05, 0.1) is 11.1 Å². The maximum atomic E-state index is 12.3. The van der Waals surface area contributed by atoms with Crippen LogP contribution < -0.4 is 16.1 Å². The lowest BCUT2D eigenvalue weighted by atomic mass is 9.76. The van der Waals surface area contributed by atoms with Gasteiger partial charge in [0.25, 0.3) is 0 Å². The fraction of sp³-hybridized carbons (Fsp3) is 0.375. The molecule has 2 N–H and O–H groups in total. The molecule has 1 aromatic rings. The van der Waals surface area contributed by atoms with Gasteiger partial charge in [0.1, 0.15) is 17.6 Å². The molecular formula is C16H16N2O3. The number of nitrogens with zero attached hydrogens (tertiary/aromatic N) is 1. The third-order valence-corrected chi connectivity index (χ3v) is 4.02. The second-order valence-electron chi connectivity index (χ2n) is 5.41. The summed E-state index contributed by atoms with van der Waals surface area (Å²) < 4.78 is 10.7. The zero-order valence-corrected chi connectivity index (χ0v) is 11.8. The third kappa shape index (κ3) is 2.23. The van der Waals surface area contributed by atoms with Crippen molar-refractivity contribution in [3.8, 4) is 11.8 Å². The molecule has 2 aliphatic rings. The van der Waals surface area contributed by atoms with Crippen molar-refractivity contribution in [2.24, 2.45) is 11.7 Å². The molecule has 1 aliphatic carbocycles. The summed E-state index contributed by atoms with van der Waals surface area (Å²) in [6, 6.07) is 3.75. The van der Waals surface area contributed by atoms with Gasteiger partial charge in [-0.3, -0.25) is 0 Å². The first-order valence-electron chi connectivity index (χ1n) is 7.00. The molecule has 1 aromatic heterocycles. The van der Waals surface area contributed by atoms with Crippen LogP contribution in [0.15, 0.2) is 38.9 Å². The molecular weight excluding hydrogens is 268 g/mol. The molecule has 1 aliphatic heterocycles. The molecule has 0 saturated heterocycles. The number of hydrogen-bond donors (Lipinski definition) is 1. The molecule has 0 spiro atoms. The molecule has 0 aromatic carbocycles. The predicted octanol–water partition coefficient (Wildman–Crippen LogP) is 2.47. The van der Waals surface area contributed by atoms with E-state index in [-0.39, 0.29) is 17.7 Å². The average molecular weight is 284 g/mol. The quantitative estimate of drug-likeness (QED) is 0.800. The van der Waals surface area contributed by atoms with Gasteiger partial charge in [0.2, 0.25) is 5.88 Å². The highest BCUT2D eigenvalue weighted by Crippen LogP contribution is 2.43. The number of fused-ring (bicyclic) bond motifs is 1. The van der Waals surface area contributed by atoms with Gasteiger partial charge in [0.15, 0.2) is 0 Å². The SMILES string of the molecule is Cc1cc2c(c(=O)o1)C(C1C=CCCC1)C(C#N)=C(N)O2. The van der Waals surface area contributed by atoms with Gasteiger partial charge in [-0.15, -0.1) is 0 Å². The Bertz CT molecular complexity index is 737. The lowest BCUT2D eigenvalue weighted by molar-refractivity contribution is 0.344. The molecule has 108 valence electrons. The van der Waals surface area contributed by atoms with Crippen molar-refractivity contribution in [3.05, 3.63) is 51.4 Å². The van der Waals surface area contributed by atoms with Crippen molar-refractivity contribution in [1.29, 1.82) is 5.26 Å². The summed E-state index contributed by atoms with van der Waals surface area (Å²) in [6.07, 6.45) is 7.11. The van der Waals surface area contributed by atoms with Gasteiger partial charge in [-0.1, -0.05) is 12.2 Å². The Morgan fingerprint density at radius 3 is 2.95 bits per heavy atom. The number of rotatable bonds is 1. The van der Waals surface area contributed by atoms with E-state index < -0.39 is 5.63 Å². The predicted molar refractivity (Wildman–Crippen MR) is 76.4 cm³/mol. The Kier molecular flexibility index (Phi) is 3.30. The van der Waals surface area contributed by atoms with E-state index in [1.165, 1.54) is 0 Å². The van der Waals surface area contributed by atoms with Crippen molar-refractivity contribution < 1.29 is 9.15 Å². The van der Waals surface area contributed by atoms with Crippen LogP contribution in [-0.2, 0) is 0 Å². The van der Waals surface area contributed by atoms with Crippen LogP contribution in [0.3, 0.4) is 0 Å². The second-order valence-corrected chi connectivity index (χ2v) is 5.41. The molecule has 21 heavy (non-hydrogen) atoms. The second kappa shape index (κ2) is 5.13. The summed E-state index contributed by atoms with van der Waals surface area (Å²) in [5.41, 5.74) is 6.15. The highest BCUT2D eigenvalue weighted by atomic mass is 16.5. The molecule has 2 heterocycles. The van der Waals surface area contributed by atoms with E-state index in [0.29, 0.717) is 22.6 Å². The summed E-state index contributed by atoms with van der Waals surface area (Å²) in [5.74, 6) is 0.639. The number of nitriles is 1. The van der Waals surface area contributed by atoms with Gasteiger partial charge in [-0.05, 0) is 32.1 Å². The minimum absolute atomic E-state index is 0.0696. The van der Waals surface area contributed by atoms with E-state index >= 15 is 0 Å². The van der Waals surface area contributed by atoms with Crippen LogP contribution >= 0.6 is 0 Å². The highest BCUT2D eigenvalue weighted by molar-refractivity contribution is 5.49. The molecule has 2 unspecified atom stereocenters. The number of allylic oxidation sites excluding steroid dienone is 3. The fourth-order valence-electron chi connectivity index (χ4n) is 3.10. The normalized spacial score (nSPS) is 24.2. The summed E-state index contributed by atoms with van der Waals surface area (Å²) in [6.45, 7) is 1.68. The molecule has 0 fully saturated rings. The first kappa shape index (κ1) is 13.5. The van der Waals surface area contributed by atoms with Crippen molar-refractivity contribution in [1.82, 2.24) is 0 Å². The van der Waals surface area contributed by atoms with Crippen LogP contribution in [0, 0.1) is 24.2 Å². The topological polar surface area (TPSA) is 89.2 Å². The first-order valence-corrected chi connectivity index (χ1v) is 7.00. The molecule has 0 amide bonds. The lowest BCUT2D eigenvalue weighted by Gasteiger charge is -2.30. The molecule has 3 rings (SSSR count). The van der Waals surface area contributed by atoms with E-state index in [4.69, 9.17) is 14.9 Å². The summed E-state index contributed by atoms with van der Waals surface area (Å²) in [7, 11) is 0. The van der Waals surface area contributed by atoms with Crippen LogP contribution in [-0.4, -0.2) is 0 Å². The first-order chi connectivity index (χ1) is 10.1. The Labute approximate surface area is 122 Å². The summed E-state index contributed by atoms with van der Waals surface area (Å²) in [4.78, 5) is 12.3. The number of ether oxygens (including phenoxy) is 1. The third-order valence-electron chi connectivity index (χ3n) is 4.02. The highest BCUT2D eigenvalue weighted by Gasteiger charge is 2.37. The van der Waals surface area contributed by atoms with Crippen molar-refractivity contribution in [2.75, 3.05) is 0 Å². The minimum atomic E-state index is -0.450. The molecule has 2 atom stereocenters. The van der Waals surface area contributed by atoms with Crippen molar-refractivity contribution in [2.45, 2.75) is 32.1 Å². The van der Waals surface area contributed by atoms with Gasteiger partial charge in [0, 0.05) is 12.0 Å². The smallest absolute Gasteiger partial charge is 0.343 e. The standard InChI is InChI=1S/C16H16N2O3/c1-9-7-12-14(16(19)20-9)13(10-5-3-2-4-6-10)11(8-17)15(18)21-12/h3,5,7,10,13H,2,4,6,18H2,1H3.